The number of aliphatic carboxylic acids is 1. The Bertz CT molecular complexity index is 690. The number of carbonyl (C=O) groups is 3. The zero-order valence-electron chi connectivity index (χ0n) is 14.3. The topological polar surface area (TPSA) is 95.9 Å². The van der Waals surface area contributed by atoms with Crippen LogP contribution in [0.4, 0.5) is 5.69 Å². The lowest BCUT2D eigenvalue weighted by Gasteiger charge is -2.28. The predicted octanol–water partition coefficient (Wildman–Crippen LogP) is 1.97. The third-order valence-corrected chi connectivity index (χ3v) is 5.74. The Balaban J connectivity index is 1.64. The number of carboxylic acids is 1. The van der Waals surface area contributed by atoms with Gasteiger partial charge in [0.2, 0.25) is 11.8 Å². The van der Waals surface area contributed by atoms with Crippen molar-refractivity contribution in [3.05, 3.63) is 24.3 Å². The molecular weight excluding hydrogens is 356 g/mol. The van der Waals surface area contributed by atoms with Crippen molar-refractivity contribution < 1.29 is 24.2 Å². The lowest BCUT2D eigenvalue weighted by Crippen LogP contribution is -2.41. The summed E-state index contributed by atoms with van der Waals surface area (Å²) in [6.07, 6.45) is 1.68. The maximum atomic E-state index is 12.8. The lowest BCUT2D eigenvalue weighted by atomic mass is 10.2. The Labute approximate surface area is 156 Å². The molecule has 2 heterocycles. The molecule has 0 bridgehead atoms. The molecule has 8 heteroatoms. The van der Waals surface area contributed by atoms with E-state index in [9.17, 15) is 14.4 Å². The number of fused-ring (bicyclic) bond motifs is 1. The van der Waals surface area contributed by atoms with Crippen LogP contribution in [0.15, 0.2) is 29.2 Å². The van der Waals surface area contributed by atoms with E-state index >= 15 is 0 Å². The average Bonchev–Trinajstić information content (AvgIpc) is 3.12. The van der Waals surface area contributed by atoms with Crippen molar-refractivity contribution in [2.24, 2.45) is 0 Å². The highest BCUT2D eigenvalue weighted by Crippen LogP contribution is 2.36. The normalized spacial score (nSPS) is 21.8. The summed E-state index contributed by atoms with van der Waals surface area (Å²) in [7, 11) is 0. The number of carbonyl (C=O) groups excluding carboxylic acids is 2. The van der Waals surface area contributed by atoms with Gasteiger partial charge in [-0.05, 0) is 25.0 Å². The summed E-state index contributed by atoms with van der Waals surface area (Å²) in [5.74, 6) is -1.36. The second-order valence-corrected chi connectivity index (χ2v) is 7.66. The number of nitrogens with one attached hydrogen (secondary N) is 1. The largest absolute Gasteiger partial charge is 0.481 e. The molecule has 26 heavy (non-hydrogen) atoms. The number of amides is 2. The van der Waals surface area contributed by atoms with E-state index < -0.39 is 11.2 Å². The molecule has 2 atom stereocenters. The first-order valence-electron chi connectivity index (χ1n) is 8.70. The van der Waals surface area contributed by atoms with Gasteiger partial charge in [-0.25, -0.2) is 0 Å². The van der Waals surface area contributed by atoms with Crippen LogP contribution in [-0.2, 0) is 19.1 Å². The fourth-order valence-corrected chi connectivity index (χ4v) is 4.20. The molecule has 0 aliphatic carbocycles. The number of ether oxygens (including phenoxy) is 1. The fourth-order valence-electron chi connectivity index (χ4n) is 3.10. The van der Waals surface area contributed by atoms with E-state index in [-0.39, 0.29) is 37.3 Å². The Morgan fingerprint density at radius 1 is 1.35 bits per heavy atom. The minimum absolute atomic E-state index is 0.0389. The molecule has 2 unspecified atom stereocenters. The molecule has 1 saturated heterocycles. The lowest BCUT2D eigenvalue weighted by molar-refractivity contribution is -0.139. The number of anilines is 1. The van der Waals surface area contributed by atoms with E-state index in [0.29, 0.717) is 13.2 Å². The highest BCUT2D eigenvalue weighted by Gasteiger charge is 2.31. The van der Waals surface area contributed by atoms with Gasteiger partial charge >= 0.3 is 5.97 Å². The van der Waals surface area contributed by atoms with Gasteiger partial charge in [-0.2, -0.15) is 0 Å². The standard InChI is InChI=1S/C18H22N2O5S/c21-16(20(8-7-17(22)23)11-12-4-3-9-25-12)10-15-18(24)19-13-5-1-2-6-14(13)26-15/h1-2,5-6,12,15H,3-4,7-11H2,(H,19,24)(H,22,23). The molecule has 0 spiro atoms. The number of thioether (sulfide) groups is 1. The van der Waals surface area contributed by atoms with E-state index in [4.69, 9.17) is 9.84 Å². The Morgan fingerprint density at radius 3 is 2.88 bits per heavy atom. The van der Waals surface area contributed by atoms with Crippen LogP contribution < -0.4 is 5.32 Å². The number of para-hydroxylation sites is 1. The predicted molar refractivity (Wildman–Crippen MR) is 97.1 cm³/mol. The molecule has 1 aromatic carbocycles. The molecule has 7 nitrogen and oxygen atoms in total. The van der Waals surface area contributed by atoms with Gasteiger partial charge in [-0.1, -0.05) is 12.1 Å². The molecule has 0 aromatic heterocycles. The zero-order chi connectivity index (χ0) is 18.5. The van der Waals surface area contributed by atoms with Crippen molar-refractivity contribution in [1.82, 2.24) is 4.90 Å². The number of rotatable bonds is 7. The minimum Gasteiger partial charge on any atom is -0.481 e. The van der Waals surface area contributed by atoms with Crippen molar-refractivity contribution in [2.45, 2.75) is 41.9 Å². The molecule has 2 amide bonds. The fraction of sp³-hybridized carbons (Fsp3) is 0.500. The first-order valence-corrected chi connectivity index (χ1v) is 9.58. The third-order valence-electron chi connectivity index (χ3n) is 4.46. The van der Waals surface area contributed by atoms with Crippen molar-refractivity contribution in [3.63, 3.8) is 0 Å². The molecule has 2 aliphatic heterocycles. The van der Waals surface area contributed by atoms with E-state index in [1.54, 1.807) is 0 Å². The van der Waals surface area contributed by atoms with E-state index in [1.165, 1.54) is 16.7 Å². The van der Waals surface area contributed by atoms with Crippen LogP contribution in [0.25, 0.3) is 0 Å². The summed E-state index contributed by atoms with van der Waals surface area (Å²) in [5.41, 5.74) is 0.758. The van der Waals surface area contributed by atoms with Crippen LogP contribution >= 0.6 is 11.8 Å². The van der Waals surface area contributed by atoms with E-state index in [2.05, 4.69) is 5.32 Å². The van der Waals surface area contributed by atoms with E-state index in [1.807, 2.05) is 24.3 Å². The summed E-state index contributed by atoms with van der Waals surface area (Å²) < 4.78 is 5.57. The van der Waals surface area contributed by atoms with Crippen LogP contribution in [0.3, 0.4) is 0 Å². The first kappa shape index (κ1) is 18.7. The number of carboxylic acid groups (broad SMARTS) is 1. The second-order valence-electron chi connectivity index (χ2n) is 6.41. The van der Waals surface area contributed by atoms with Crippen LogP contribution in [0.5, 0.6) is 0 Å². The van der Waals surface area contributed by atoms with Gasteiger partial charge in [0.05, 0.1) is 23.5 Å². The molecule has 140 valence electrons. The summed E-state index contributed by atoms with van der Waals surface area (Å²) in [4.78, 5) is 38.4. The maximum Gasteiger partial charge on any atom is 0.305 e. The number of hydrogen-bond donors (Lipinski definition) is 2. The SMILES string of the molecule is O=C(O)CCN(CC1CCCO1)C(=O)CC1Sc2ccccc2NC1=O. The zero-order valence-corrected chi connectivity index (χ0v) is 15.2. The smallest absolute Gasteiger partial charge is 0.305 e. The maximum absolute atomic E-state index is 12.8. The number of benzene rings is 1. The molecule has 1 fully saturated rings. The van der Waals surface area contributed by atoms with Crippen molar-refractivity contribution in [3.8, 4) is 0 Å². The first-order chi connectivity index (χ1) is 12.5. The monoisotopic (exact) mass is 378 g/mol. The molecule has 0 saturated carbocycles. The molecule has 0 radical (unpaired) electrons. The van der Waals surface area contributed by atoms with Crippen molar-refractivity contribution in [1.29, 1.82) is 0 Å². The second kappa shape index (κ2) is 8.55. The summed E-state index contributed by atoms with van der Waals surface area (Å²) in [6, 6.07) is 7.47. The highest BCUT2D eigenvalue weighted by molar-refractivity contribution is 8.01. The number of hydrogen-bond acceptors (Lipinski definition) is 5. The van der Waals surface area contributed by atoms with Gasteiger partial charge in [0.1, 0.15) is 0 Å². The molecule has 1 aromatic rings. The van der Waals surface area contributed by atoms with Gasteiger partial charge in [0, 0.05) is 31.0 Å². The third kappa shape index (κ3) is 4.76. The minimum atomic E-state index is -0.950. The number of nitrogens with zero attached hydrogens (tertiary/aromatic N) is 1. The van der Waals surface area contributed by atoms with Crippen LogP contribution in [0.1, 0.15) is 25.7 Å². The van der Waals surface area contributed by atoms with Crippen molar-refractivity contribution in [2.75, 3.05) is 25.0 Å². The van der Waals surface area contributed by atoms with Crippen LogP contribution in [-0.4, -0.2) is 58.8 Å². The quantitative estimate of drug-likeness (QED) is 0.753. The van der Waals surface area contributed by atoms with Crippen LogP contribution in [0.2, 0.25) is 0 Å². The summed E-state index contributed by atoms with van der Waals surface area (Å²) in [6.45, 7) is 1.18. The molecule has 3 rings (SSSR count). The van der Waals surface area contributed by atoms with Gasteiger partial charge in [0.25, 0.3) is 0 Å². The summed E-state index contributed by atoms with van der Waals surface area (Å²) >= 11 is 1.37. The van der Waals surface area contributed by atoms with Crippen LogP contribution in [0, 0.1) is 0 Å². The van der Waals surface area contributed by atoms with Gasteiger partial charge in [0.15, 0.2) is 0 Å². The van der Waals surface area contributed by atoms with Gasteiger partial charge < -0.3 is 20.1 Å². The van der Waals surface area contributed by atoms with E-state index in [0.717, 1.165) is 23.4 Å². The van der Waals surface area contributed by atoms with Gasteiger partial charge in [-0.15, -0.1) is 11.8 Å². The Kier molecular flexibility index (Phi) is 6.16. The van der Waals surface area contributed by atoms with Crippen molar-refractivity contribution >= 4 is 35.2 Å². The summed E-state index contributed by atoms with van der Waals surface area (Å²) in [5, 5.41) is 11.2. The highest BCUT2D eigenvalue weighted by atomic mass is 32.2. The molecule has 2 N–H and O–H groups in total. The molecular formula is C18H22N2O5S. The Morgan fingerprint density at radius 2 is 2.15 bits per heavy atom. The van der Waals surface area contributed by atoms with Gasteiger partial charge in [-0.3, -0.25) is 14.4 Å². The Hall–Kier alpha value is -2.06. The molecule has 2 aliphatic rings. The average molecular weight is 378 g/mol.